The molecule has 4 aromatic rings. The Hall–Kier alpha value is -7.22. The molecule has 4 atom stereocenters. The van der Waals surface area contributed by atoms with Crippen LogP contribution in [0.1, 0.15) is 56.5 Å². The lowest BCUT2D eigenvalue weighted by molar-refractivity contribution is -0.221. The number of benzene rings is 2. The van der Waals surface area contributed by atoms with Crippen molar-refractivity contribution in [2.24, 2.45) is 10.8 Å². The summed E-state index contributed by atoms with van der Waals surface area (Å²) < 4.78 is 160. The molecule has 430 valence electrons. The van der Waals surface area contributed by atoms with Gasteiger partial charge in [-0.3, -0.25) is 19.9 Å². The van der Waals surface area contributed by atoms with Gasteiger partial charge in [0.05, 0.1) is 62.6 Å². The average Bonchev–Trinajstić information content (AvgIpc) is 3.90. The predicted molar refractivity (Wildman–Crippen MR) is 262 cm³/mol. The maximum absolute atomic E-state index is 16.0. The summed E-state index contributed by atoms with van der Waals surface area (Å²) in [6.45, 7) is 1.63. The highest BCUT2D eigenvalue weighted by Crippen LogP contribution is 2.42. The molecule has 18 nitrogen and oxygen atoms in total. The van der Waals surface area contributed by atoms with E-state index in [0.29, 0.717) is 62.0 Å². The van der Waals surface area contributed by atoms with Crippen molar-refractivity contribution >= 4 is 29.8 Å². The van der Waals surface area contributed by atoms with Gasteiger partial charge in [-0.25, -0.2) is 33.0 Å². The number of hydrogen-bond acceptors (Lipinski definition) is 13. The van der Waals surface area contributed by atoms with E-state index in [-0.39, 0.29) is 21.4 Å². The number of anilines is 1. The zero-order valence-corrected chi connectivity index (χ0v) is 43.4. The molecule has 0 radical (unpaired) electrons. The minimum Gasteiger partial charge on any atom is -0.453 e. The average molecular weight is 1130 g/mol. The molecule has 2 fully saturated rings. The van der Waals surface area contributed by atoms with Crippen molar-refractivity contribution in [2.75, 3.05) is 65.1 Å². The lowest BCUT2D eigenvalue weighted by Gasteiger charge is -2.42. The molecule has 0 saturated carbocycles. The van der Waals surface area contributed by atoms with Crippen LogP contribution in [-0.4, -0.2) is 157 Å². The van der Waals surface area contributed by atoms with E-state index in [9.17, 15) is 59.4 Å². The molecule has 28 heteroatoms. The first-order chi connectivity index (χ1) is 37.0. The van der Waals surface area contributed by atoms with Gasteiger partial charge in [-0.1, -0.05) is 24.0 Å². The molecule has 6 rings (SSSR count). The van der Waals surface area contributed by atoms with Crippen LogP contribution in [0, 0.1) is 34.3 Å². The number of alkyl halides is 8. The fraction of sp³-hybridized carbons (Fsp3) is 0.490. The van der Waals surface area contributed by atoms with Crippen LogP contribution < -0.4 is 26.3 Å². The Kier molecular flexibility index (Phi) is 19.5. The maximum Gasteiger partial charge on any atom is 0.407 e. The zero-order valence-electron chi connectivity index (χ0n) is 43.4. The predicted octanol–water partition coefficient (Wildman–Crippen LogP) is 6.09. The molecule has 2 aromatic carbocycles. The Bertz CT molecular complexity index is 2810. The van der Waals surface area contributed by atoms with E-state index >= 15 is 8.78 Å². The molecular formula is C51H58F10N10O8. The first-order valence-corrected chi connectivity index (χ1v) is 24.3. The molecule has 0 aliphatic carbocycles. The van der Waals surface area contributed by atoms with E-state index in [4.69, 9.17) is 4.74 Å². The van der Waals surface area contributed by atoms with Crippen LogP contribution in [-0.2, 0) is 36.8 Å². The number of nitrogens with zero attached hydrogens (tertiary/aromatic N) is 6. The number of carbonyl (C=O) groups is 4. The number of carbonyl (C=O) groups excluding carboxylic acids is 4. The second-order valence-corrected chi connectivity index (χ2v) is 19.8. The molecule has 79 heavy (non-hydrogen) atoms. The van der Waals surface area contributed by atoms with Crippen LogP contribution in [0.3, 0.4) is 0 Å². The van der Waals surface area contributed by atoms with E-state index in [1.807, 2.05) is 16.8 Å². The highest BCUT2D eigenvalue weighted by Gasteiger charge is 2.57. The number of ether oxygens (including phenoxy) is 3. The van der Waals surface area contributed by atoms with E-state index in [2.05, 4.69) is 46.5 Å². The Morgan fingerprint density at radius 2 is 1.32 bits per heavy atom. The molecule has 0 bridgehead atoms. The van der Waals surface area contributed by atoms with Gasteiger partial charge < -0.3 is 40.2 Å². The van der Waals surface area contributed by atoms with Gasteiger partial charge in [-0.2, -0.15) is 40.2 Å². The summed E-state index contributed by atoms with van der Waals surface area (Å²) in [5, 5.41) is 21.9. The minimum absolute atomic E-state index is 0.175. The topological polar surface area (TPSA) is 205 Å². The van der Waals surface area contributed by atoms with Crippen LogP contribution in [0.2, 0.25) is 0 Å². The summed E-state index contributed by atoms with van der Waals surface area (Å²) in [7, 11) is 1.60. The van der Waals surface area contributed by atoms with E-state index in [0.717, 1.165) is 71.8 Å². The molecule has 2 aliphatic rings. The van der Waals surface area contributed by atoms with Gasteiger partial charge in [0.15, 0.2) is 0 Å². The van der Waals surface area contributed by atoms with E-state index in [1.54, 1.807) is 17.6 Å². The Morgan fingerprint density at radius 1 is 0.772 bits per heavy atom. The number of rotatable bonds is 19. The van der Waals surface area contributed by atoms with Crippen molar-refractivity contribution < 1.29 is 82.4 Å². The van der Waals surface area contributed by atoms with Crippen LogP contribution in [0.15, 0.2) is 67.1 Å². The monoisotopic (exact) mass is 1130 g/mol. The fourth-order valence-corrected chi connectivity index (χ4v) is 8.33. The minimum atomic E-state index is -5.23. The lowest BCUT2D eigenvalue weighted by Crippen LogP contribution is -2.63. The number of halogens is 10. The maximum atomic E-state index is 16.0. The number of hydrogen-bond donors (Lipinski definition) is 5. The van der Waals surface area contributed by atoms with Crippen molar-refractivity contribution in [3.8, 4) is 23.0 Å². The molecule has 4 unspecified atom stereocenters. The van der Waals surface area contributed by atoms with Gasteiger partial charge in [-0.05, 0) is 81.6 Å². The van der Waals surface area contributed by atoms with Crippen molar-refractivity contribution in [3.05, 3.63) is 101 Å². The number of piperazine rings is 1. The number of hydrazine groups is 1. The first kappa shape index (κ1) is 61.0. The summed E-state index contributed by atoms with van der Waals surface area (Å²) in [4.78, 5) is 61.9. The normalized spacial score (nSPS) is 16.2. The summed E-state index contributed by atoms with van der Waals surface area (Å²) in [5.41, 5.74) is -4.24. The van der Waals surface area contributed by atoms with Crippen LogP contribution in [0.4, 0.5) is 59.3 Å². The lowest BCUT2D eigenvalue weighted by atomic mass is 9.82. The van der Waals surface area contributed by atoms with Gasteiger partial charge in [0.1, 0.15) is 29.5 Å². The molecule has 4 amide bonds. The third-order valence-corrected chi connectivity index (χ3v) is 13.7. The summed E-state index contributed by atoms with van der Waals surface area (Å²) >= 11 is 0. The number of nitrogens with one attached hydrogen (secondary N) is 4. The summed E-state index contributed by atoms with van der Waals surface area (Å²) in [6.07, 6.45) is -12.7. The molecule has 0 spiro atoms. The number of aliphatic hydroxyl groups is 1. The number of alkyl carbamates (subject to hydrolysis) is 2. The fourth-order valence-electron chi connectivity index (χ4n) is 8.33. The Balaban J connectivity index is 1.32. The van der Waals surface area contributed by atoms with Crippen LogP contribution in [0.25, 0.3) is 11.1 Å². The van der Waals surface area contributed by atoms with Crippen molar-refractivity contribution in [2.45, 2.75) is 89.8 Å². The highest BCUT2D eigenvalue weighted by atomic mass is 19.4. The first-order valence-electron chi connectivity index (χ1n) is 24.3. The number of pyridine rings is 1. The highest BCUT2D eigenvalue weighted by molar-refractivity contribution is 5.87. The quantitative estimate of drug-likeness (QED) is 0.0411. The number of aliphatic hydroxyl groups excluding tert-OH is 1. The summed E-state index contributed by atoms with van der Waals surface area (Å²) in [6, 6.07) is 4.70. The smallest absolute Gasteiger partial charge is 0.407 e. The second-order valence-electron chi connectivity index (χ2n) is 19.8. The van der Waals surface area contributed by atoms with Gasteiger partial charge in [-0.15, -0.1) is 0 Å². The van der Waals surface area contributed by atoms with Gasteiger partial charge in [0, 0.05) is 73.9 Å². The van der Waals surface area contributed by atoms with Gasteiger partial charge >= 0.3 is 31.1 Å². The third kappa shape index (κ3) is 15.1. The molecule has 2 aromatic heterocycles. The Morgan fingerprint density at radius 3 is 1.80 bits per heavy atom. The second kappa shape index (κ2) is 25.3. The molecular weight excluding hydrogens is 1070 g/mol. The largest absolute Gasteiger partial charge is 0.453 e. The van der Waals surface area contributed by atoms with E-state index < -0.39 is 115 Å². The van der Waals surface area contributed by atoms with E-state index in [1.165, 1.54) is 24.3 Å². The standard InChI is InChI=1S/C51H58F10N10O8/c1-48(2,50(56,57)58)41(65-46(75)77-5)43(73)64-38(19-30-10-7-29(8-11-30)9-12-31-13-14-40(62-22-31)69-17-15-68(16-18-69)34-27-79-28-34)39(72)26-70(67-44(74)42(66-47(76)78-6)49(3,4)51(59,60)61)25-35-36(52)20-32(21-37(35)53)33-23-63-71(24-33)45(54)55/h7-8,10-11,13-14,20-24,34,38-39,41-42,45,72H,15-19,25-28H2,1-6H3,(H,64,73)(H,65,75)(H,66,76)(H,67,74). The molecule has 5 N–H and O–H groups in total. The van der Waals surface area contributed by atoms with Crippen molar-refractivity contribution in [3.63, 3.8) is 0 Å². The van der Waals surface area contributed by atoms with Crippen molar-refractivity contribution in [1.82, 2.24) is 46.0 Å². The van der Waals surface area contributed by atoms with Gasteiger partial charge in [0.25, 0.3) is 5.91 Å². The zero-order chi connectivity index (χ0) is 58.2. The summed E-state index contributed by atoms with van der Waals surface area (Å²) in [5.74, 6) is 0.718. The van der Waals surface area contributed by atoms with Crippen molar-refractivity contribution in [1.29, 1.82) is 0 Å². The SMILES string of the molecule is COC(=O)NC(C(=O)NC(Cc1ccc(C#Cc2ccc(N3CCN(C4COC4)CC3)nc2)cc1)C(O)CN(Cc1c(F)cc(-c2cnn(C(F)F)c2)cc1F)NC(=O)C(NC(=O)OC)C(C)(C)C(F)(F)F)C(C)(C)C(F)(F)F. The third-order valence-electron chi connectivity index (χ3n) is 13.7. The van der Waals surface area contributed by atoms with Gasteiger partial charge in [0.2, 0.25) is 5.91 Å². The molecule has 4 heterocycles. The Labute approximate surface area is 447 Å². The molecule has 2 saturated heterocycles. The molecule has 2 aliphatic heterocycles. The van der Waals surface area contributed by atoms with Crippen LogP contribution in [0.5, 0.6) is 0 Å². The number of methoxy groups -OCH3 is 2. The number of amides is 4. The number of aromatic nitrogens is 3. The van der Waals surface area contributed by atoms with Crippen LogP contribution >= 0.6 is 0 Å².